The molecule has 0 bridgehead atoms. The molecule has 1 N–H and O–H groups in total. The van der Waals surface area contributed by atoms with Crippen LogP contribution in [0.25, 0.3) is 0 Å². The SMILES string of the molecule is CC(=O)O[C@@H]1[C@@H](OC(C)=O)[C@H](OC(C)=O)C(C=O)=C[C@@H]1NC(=O)OC(C)(C)C. The lowest BCUT2D eigenvalue weighted by atomic mass is 9.88. The average Bonchev–Trinajstić information content (AvgIpc) is 2.49. The van der Waals surface area contributed by atoms with Crippen molar-refractivity contribution in [3.63, 3.8) is 0 Å². The van der Waals surface area contributed by atoms with Crippen molar-refractivity contribution in [1.29, 1.82) is 0 Å². The third kappa shape index (κ3) is 7.01. The summed E-state index contributed by atoms with van der Waals surface area (Å²) in [6.45, 7) is 8.30. The predicted octanol–water partition coefficient (Wildman–Crippen LogP) is 0.814. The zero-order chi connectivity index (χ0) is 21.6. The first-order chi connectivity index (χ1) is 12.8. The standard InChI is InChI=1S/C18H25NO9/c1-9(21)25-14-12(8-20)7-13(19-17(24)28-18(4,5)6)15(26-10(2)22)16(14)27-11(3)23/h7-8,13-16H,1-6H3,(H,19,24)/t13-,14+,15-,16-/m0/s1. The Labute approximate surface area is 162 Å². The molecule has 0 heterocycles. The van der Waals surface area contributed by atoms with Gasteiger partial charge in [-0.15, -0.1) is 0 Å². The van der Waals surface area contributed by atoms with Crippen LogP contribution in [0.4, 0.5) is 4.79 Å². The van der Waals surface area contributed by atoms with Gasteiger partial charge < -0.3 is 24.3 Å². The minimum absolute atomic E-state index is 0.0640. The predicted molar refractivity (Wildman–Crippen MR) is 94.0 cm³/mol. The molecule has 4 atom stereocenters. The number of alkyl carbamates (subject to hydrolysis) is 1. The van der Waals surface area contributed by atoms with Crippen molar-refractivity contribution >= 4 is 30.3 Å². The summed E-state index contributed by atoms with van der Waals surface area (Å²) in [5.41, 5.74) is -0.867. The van der Waals surface area contributed by atoms with Gasteiger partial charge in [0.2, 0.25) is 0 Å². The number of hydrogen-bond acceptors (Lipinski definition) is 9. The van der Waals surface area contributed by atoms with Crippen LogP contribution in [0.2, 0.25) is 0 Å². The lowest BCUT2D eigenvalue weighted by molar-refractivity contribution is -0.183. The maximum absolute atomic E-state index is 12.2. The maximum atomic E-state index is 12.2. The zero-order valence-corrected chi connectivity index (χ0v) is 16.6. The van der Waals surface area contributed by atoms with Gasteiger partial charge in [-0.1, -0.05) is 0 Å². The van der Waals surface area contributed by atoms with Crippen LogP contribution in [-0.4, -0.2) is 60.2 Å². The highest BCUT2D eigenvalue weighted by Gasteiger charge is 2.47. The number of carbonyl (C=O) groups excluding carboxylic acids is 5. The van der Waals surface area contributed by atoms with E-state index in [4.69, 9.17) is 18.9 Å². The van der Waals surface area contributed by atoms with Gasteiger partial charge in [-0.05, 0) is 26.8 Å². The van der Waals surface area contributed by atoms with E-state index in [9.17, 15) is 24.0 Å². The Hall–Kier alpha value is -2.91. The van der Waals surface area contributed by atoms with Gasteiger partial charge in [0.25, 0.3) is 0 Å². The van der Waals surface area contributed by atoms with E-state index in [2.05, 4.69) is 5.32 Å². The van der Waals surface area contributed by atoms with Crippen molar-refractivity contribution in [3.05, 3.63) is 11.6 Å². The van der Waals surface area contributed by atoms with Crippen LogP contribution in [0.5, 0.6) is 0 Å². The monoisotopic (exact) mass is 399 g/mol. The van der Waals surface area contributed by atoms with Crippen molar-refractivity contribution in [2.75, 3.05) is 0 Å². The van der Waals surface area contributed by atoms with E-state index in [0.717, 1.165) is 20.8 Å². The molecule has 0 saturated carbocycles. The van der Waals surface area contributed by atoms with Crippen LogP contribution < -0.4 is 5.32 Å². The van der Waals surface area contributed by atoms with E-state index in [1.807, 2.05) is 0 Å². The van der Waals surface area contributed by atoms with Gasteiger partial charge in [-0.25, -0.2) is 4.79 Å². The quantitative estimate of drug-likeness (QED) is 0.405. The second-order valence-corrected chi connectivity index (χ2v) is 7.13. The Bertz CT molecular complexity index is 677. The molecular formula is C18H25NO9. The highest BCUT2D eigenvalue weighted by molar-refractivity contribution is 5.79. The van der Waals surface area contributed by atoms with Crippen LogP contribution in [-0.2, 0) is 38.1 Å². The van der Waals surface area contributed by atoms with Gasteiger partial charge in [-0.3, -0.25) is 19.2 Å². The molecule has 1 aliphatic carbocycles. The van der Waals surface area contributed by atoms with Crippen molar-refractivity contribution in [3.8, 4) is 0 Å². The molecule has 0 unspecified atom stereocenters. The normalized spacial score (nSPS) is 24.3. The molecular weight excluding hydrogens is 374 g/mol. The van der Waals surface area contributed by atoms with Crippen LogP contribution in [0.3, 0.4) is 0 Å². The van der Waals surface area contributed by atoms with Crippen LogP contribution in [0, 0.1) is 0 Å². The third-order valence-electron chi connectivity index (χ3n) is 3.39. The van der Waals surface area contributed by atoms with Crippen molar-refractivity contribution in [1.82, 2.24) is 5.32 Å². The molecule has 1 rings (SSSR count). The van der Waals surface area contributed by atoms with E-state index >= 15 is 0 Å². The fourth-order valence-electron chi connectivity index (χ4n) is 2.60. The van der Waals surface area contributed by atoms with E-state index in [0.29, 0.717) is 6.29 Å². The third-order valence-corrected chi connectivity index (χ3v) is 3.39. The zero-order valence-electron chi connectivity index (χ0n) is 16.6. The minimum Gasteiger partial charge on any atom is -0.456 e. The Morgan fingerprint density at radius 3 is 1.86 bits per heavy atom. The largest absolute Gasteiger partial charge is 0.456 e. The molecule has 1 amide bonds. The van der Waals surface area contributed by atoms with Gasteiger partial charge in [0.05, 0.1) is 6.04 Å². The molecule has 0 fully saturated rings. The number of nitrogens with one attached hydrogen (secondary N) is 1. The van der Waals surface area contributed by atoms with Gasteiger partial charge in [0, 0.05) is 26.3 Å². The highest BCUT2D eigenvalue weighted by atomic mass is 16.6. The van der Waals surface area contributed by atoms with Crippen LogP contribution in [0.1, 0.15) is 41.5 Å². The number of aldehydes is 1. The number of esters is 3. The Balaban J connectivity index is 3.34. The minimum atomic E-state index is -1.35. The molecule has 0 saturated heterocycles. The van der Waals surface area contributed by atoms with Gasteiger partial charge in [0.1, 0.15) is 11.9 Å². The molecule has 0 spiro atoms. The first-order valence-corrected chi connectivity index (χ1v) is 8.52. The van der Waals surface area contributed by atoms with Crippen molar-refractivity contribution in [2.45, 2.75) is 71.5 Å². The molecule has 0 radical (unpaired) electrons. The summed E-state index contributed by atoms with van der Waals surface area (Å²) in [4.78, 5) is 58.3. The lowest BCUT2D eigenvalue weighted by Crippen LogP contribution is -2.59. The van der Waals surface area contributed by atoms with E-state index < -0.39 is 54.0 Å². The Kier molecular flexibility index (Phi) is 7.71. The number of rotatable bonds is 5. The Morgan fingerprint density at radius 1 is 0.929 bits per heavy atom. The molecule has 0 aromatic heterocycles. The number of ether oxygens (including phenoxy) is 4. The Morgan fingerprint density at radius 2 is 1.43 bits per heavy atom. The van der Waals surface area contributed by atoms with Gasteiger partial charge in [-0.2, -0.15) is 0 Å². The summed E-state index contributed by atoms with van der Waals surface area (Å²) in [5, 5.41) is 2.47. The summed E-state index contributed by atoms with van der Waals surface area (Å²) in [6, 6.07) is -1.07. The smallest absolute Gasteiger partial charge is 0.408 e. The highest BCUT2D eigenvalue weighted by Crippen LogP contribution is 2.27. The van der Waals surface area contributed by atoms with Crippen molar-refractivity contribution in [2.24, 2.45) is 0 Å². The molecule has 0 aromatic rings. The fraction of sp³-hybridized carbons (Fsp3) is 0.611. The number of amides is 1. The first kappa shape index (κ1) is 23.1. The molecule has 28 heavy (non-hydrogen) atoms. The summed E-state index contributed by atoms with van der Waals surface area (Å²) in [6.07, 6.45) is -3.10. The number of hydrogen-bond donors (Lipinski definition) is 1. The second-order valence-electron chi connectivity index (χ2n) is 7.13. The molecule has 1 aliphatic rings. The molecule has 10 heteroatoms. The van der Waals surface area contributed by atoms with E-state index in [1.165, 1.54) is 6.08 Å². The van der Waals surface area contributed by atoms with Gasteiger partial charge in [0.15, 0.2) is 18.3 Å². The summed E-state index contributed by atoms with van der Waals surface area (Å²) in [7, 11) is 0. The lowest BCUT2D eigenvalue weighted by Gasteiger charge is -2.39. The average molecular weight is 399 g/mol. The van der Waals surface area contributed by atoms with Crippen LogP contribution in [0.15, 0.2) is 11.6 Å². The maximum Gasteiger partial charge on any atom is 0.408 e. The second kappa shape index (κ2) is 9.34. The molecule has 0 aliphatic heterocycles. The number of carbonyl (C=O) groups is 5. The first-order valence-electron chi connectivity index (χ1n) is 8.52. The summed E-state index contributed by atoms with van der Waals surface area (Å²) < 4.78 is 20.7. The van der Waals surface area contributed by atoms with Gasteiger partial charge >= 0.3 is 24.0 Å². The fourth-order valence-corrected chi connectivity index (χ4v) is 2.60. The summed E-state index contributed by atoms with van der Waals surface area (Å²) in [5.74, 6) is -2.24. The molecule has 0 aromatic carbocycles. The van der Waals surface area contributed by atoms with E-state index in [1.54, 1.807) is 20.8 Å². The van der Waals surface area contributed by atoms with Crippen LogP contribution >= 0.6 is 0 Å². The topological polar surface area (TPSA) is 134 Å². The summed E-state index contributed by atoms with van der Waals surface area (Å²) >= 11 is 0. The molecule has 156 valence electrons. The molecule has 10 nitrogen and oxygen atoms in total. The van der Waals surface area contributed by atoms with E-state index in [-0.39, 0.29) is 5.57 Å². The van der Waals surface area contributed by atoms with Crippen molar-refractivity contribution < 1.29 is 42.9 Å².